The maximum atomic E-state index is 13.8. The largest absolute Gasteiger partial charge is 0.456 e. The summed E-state index contributed by atoms with van der Waals surface area (Å²) in [6.07, 6.45) is 1.76. The Hall–Kier alpha value is -2.47. The van der Waals surface area contributed by atoms with Crippen molar-refractivity contribution in [1.82, 2.24) is 10.2 Å². The van der Waals surface area contributed by atoms with Gasteiger partial charge in [-0.1, -0.05) is 18.2 Å². The summed E-state index contributed by atoms with van der Waals surface area (Å²) in [6.45, 7) is 3.64. The molecule has 1 N–H and O–H groups in total. The summed E-state index contributed by atoms with van der Waals surface area (Å²) in [6, 6.07) is 9.21. The molecule has 1 unspecified atom stereocenters. The lowest BCUT2D eigenvalue weighted by molar-refractivity contribution is 0.0868. The molecular formula is C19H21FN2O3. The van der Waals surface area contributed by atoms with Crippen LogP contribution in [0.1, 0.15) is 34.7 Å². The summed E-state index contributed by atoms with van der Waals surface area (Å²) in [5.74, 6) is -0.174. The SMILES string of the molecule is Cc1cc(=O)cc(C(=O)NC2CCCN(Cc3ccccc3F)C2)o1. The van der Waals surface area contributed by atoms with Crippen LogP contribution in [0.2, 0.25) is 0 Å². The first kappa shape index (κ1) is 17.4. The lowest BCUT2D eigenvalue weighted by Gasteiger charge is -2.33. The molecule has 1 aromatic heterocycles. The third-order valence-corrected chi connectivity index (χ3v) is 4.31. The zero-order chi connectivity index (χ0) is 17.8. The second-order valence-electron chi connectivity index (χ2n) is 6.41. The molecule has 25 heavy (non-hydrogen) atoms. The van der Waals surface area contributed by atoms with Gasteiger partial charge in [0.05, 0.1) is 0 Å². The molecule has 5 nitrogen and oxygen atoms in total. The number of hydrogen-bond donors (Lipinski definition) is 1. The summed E-state index contributed by atoms with van der Waals surface area (Å²) in [4.78, 5) is 25.9. The molecule has 6 heteroatoms. The Balaban J connectivity index is 1.62. The normalized spacial score (nSPS) is 18.1. The predicted molar refractivity (Wildman–Crippen MR) is 91.9 cm³/mol. The van der Waals surface area contributed by atoms with E-state index in [4.69, 9.17) is 4.42 Å². The predicted octanol–water partition coefficient (Wildman–Crippen LogP) is 2.48. The Morgan fingerprint density at radius 1 is 1.36 bits per heavy atom. The van der Waals surface area contributed by atoms with Gasteiger partial charge in [0.25, 0.3) is 5.91 Å². The minimum atomic E-state index is -0.390. The van der Waals surface area contributed by atoms with E-state index in [1.165, 1.54) is 18.2 Å². The third kappa shape index (κ3) is 4.54. The van der Waals surface area contributed by atoms with Crippen LogP contribution in [0, 0.1) is 12.7 Å². The lowest BCUT2D eigenvalue weighted by Crippen LogP contribution is -2.47. The number of aryl methyl sites for hydroxylation is 1. The molecule has 1 saturated heterocycles. The number of hydrogen-bond acceptors (Lipinski definition) is 4. The Bertz CT molecular complexity index is 818. The summed E-state index contributed by atoms with van der Waals surface area (Å²) in [5, 5.41) is 2.91. The van der Waals surface area contributed by atoms with Crippen molar-refractivity contribution >= 4 is 5.91 Å². The molecule has 0 spiro atoms. The minimum Gasteiger partial charge on any atom is -0.456 e. The molecule has 0 saturated carbocycles. The molecule has 1 atom stereocenters. The van der Waals surface area contributed by atoms with Crippen LogP contribution >= 0.6 is 0 Å². The second kappa shape index (κ2) is 7.61. The molecule has 1 fully saturated rings. The van der Waals surface area contributed by atoms with Crippen LogP contribution in [-0.4, -0.2) is 29.9 Å². The first-order valence-corrected chi connectivity index (χ1v) is 8.39. The van der Waals surface area contributed by atoms with E-state index in [9.17, 15) is 14.0 Å². The summed E-state index contributed by atoms with van der Waals surface area (Å²) < 4.78 is 19.1. The molecule has 1 aliphatic heterocycles. The van der Waals surface area contributed by atoms with E-state index in [0.717, 1.165) is 19.4 Å². The number of piperidine rings is 1. The van der Waals surface area contributed by atoms with Crippen molar-refractivity contribution in [2.45, 2.75) is 32.4 Å². The van der Waals surface area contributed by atoms with E-state index in [2.05, 4.69) is 10.2 Å². The van der Waals surface area contributed by atoms with Crippen LogP contribution < -0.4 is 10.7 Å². The van der Waals surface area contributed by atoms with Gasteiger partial charge < -0.3 is 9.73 Å². The molecule has 0 radical (unpaired) electrons. The van der Waals surface area contributed by atoms with Crippen LogP contribution in [0.25, 0.3) is 0 Å². The molecule has 1 aliphatic rings. The van der Waals surface area contributed by atoms with E-state index < -0.39 is 5.91 Å². The zero-order valence-electron chi connectivity index (χ0n) is 14.1. The number of nitrogens with zero attached hydrogens (tertiary/aromatic N) is 1. The van der Waals surface area contributed by atoms with E-state index in [-0.39, 0.29) is 23.0 Å². The maximum Gasteiger partial charge on any atom is 0.287 e. The van der Waals surface area contributed by atoms with Gasteiger partial charge in [0, 0.05) is 36.8 Å². The van der Waals surface area contributed by atoms with Crippen molar-refractivity contribution in [3.8, 4) is 0 Å². The number of amides is 1. The molecule has 3 rings (SSSR count). The number of carbonyl (C=O) groups is 1. The monoisotopic (exact) mass is 344 g/mol. The number of likely N-dealkylation sites (tertiary alicyclic amines) is 1. The van der Waals surface area contributed by atoms with Gasteiger partial charge in [0.15, 0.2) is 11.2 Å². The van der Waals surface area contributed by atoms with Crippen LogP contribution in [0.15, 0.2) is 45.6 Å². The highest BCUT2D eigenvalue weighted by Crippen LogP contribution is 2.16. The average Bonchev–Trinajstić information content (AvgIpc) is 2.56. The van der Waals surface area contributed by atoms with Gasteiger partial charge >= 0.3 is 0 Å². The minimum absolute atomic E-state index is 0.0243. The number of rotatable bonds is 4. The molecular weight excluding hydrogens is 323 g/mol. The van der Waals surface area contributed by atoms with Gasteiger partial charge in [-0.05, 0) is 32.4 Å². The van der Waals surface area contributed by atoms with Crippen molar-refractivity contribution in [1.29, 1.82) is 0 Å². The number of halogens is 1. The third-order valence-electron chi connectivity index (χ3n) is 4.31. The number of benzene rings is 1. The molecule has 2 heterocycles. The molecule has 0 aliphatic carbocycles. The van der Waals surface area contributed by atoms with Crippen molar-refractivity contribution in [2.75, 3.05) is 13.1 Å². The summed E-state index contributed by atoms with van der Waals surface area (Å²) in [7, 11) is 0. The van der Waals surface area contributed by atoms with E-state index >= 15 is 0 Å². The summed E-state index contributed by atoms with van der Waals surface area (Å²) >= 11 is 0. The lowest BCUT2D eigenvalue weighted by atomic mass is 10.0. The zero-order valence-corrected chi connectivity index (χ0v) is 14.1. The highest BCUT2D eigenvalue weighted by atomic mass is 19.1. The number of carbonyl (C=O) groups excluding carboxylic acids is 1. The van der Waals surface area contributed by atoms with Crippen LogP contribution in [0.5, 0.6) is 0 Å². The Morgan fingerprint density at radius 3 is 2.92 bits per heavy atom. The van der Waals surface area contributed by atoms with Crippen LogP contribution in [-0.2, 0) is 6.54 Å². The van der Waals surface area contributed by atoms with Crippen LogP contribution in [0.3, 0.4) is 0 Å². The topological polar surface area (TPSA) is 62.6 Å². The van der Waals surface area contributed by atoms with E-state index in [1.807, 2.05) is 6.07 Å². The fraction of sp³-hybridized carbons (Fsp3) is 0.368. The highest BCUT2D eigenvalue weighted by molar-refractivity contribution is 5.91. The highest BCUT2D eigenvalue weighted by Gasteiger charge is 2.23. The fourth-order valence-electron chi connectivity index (χ4n) is 3.16. The smallest absolute Gasteiger partial charge is 0.287 e. The molecule has 1 aromatic carbocycles. The van der Waals surface area contributed by atoms with Gasteiger partial charge in [0.2, 0.25) is 0 Å². The van der Waals surface area contributed by atoms with Gasteiger partial charge in [-0.25, -0.2) is 4.39 Å². The average molecular weight is 344 g/mol. The molecule has 132 valence electrons. The first-order valence-electron chi connectivity index (χ1n) is 8.39. The van der Waals surface area contributed by atoms with Gasteiger partial charge in [-0.15, -0.1) is 0 Å². The van der Waals surface area contributed by atoms with Gasteiger partial charge in [-0.2, -0.15) is 0 Å². The number of nitrogens with one attached hydrogen (secondary N) is 1. The molecule has 2 aromatic rings. The first-order chi connectivity index (χ1) is 12.0. The quantitative estimate of drug-likeness (QED) is 0.926. The van der Waals surface area contributed by atoms with Crippen LogP contribution in [0.4, 0.5) is 4.39 Å². The standard InChI is InChI=1S/C19H21FN2O3/c1-13-9-16(23)10-18(25-13)19(24)21-15-6-4-8-22(12-15)11-14-5-2-3-7-17(14)20/h2-3,5,7,9-10,15H,4,6,8,11-12H2,1H3,(H,21,24). The maximum absolute atomic E-state index is 13.8. The second-order valence-corrected chi connectivity index (χ2v) is 6.41. The summed E-state index contributed by atoms with van der Waals surface area (Å²) in [5.41, 5.74) is 0.401. The van der Waals surface area contributed by atoms with Gasteiger partial charge in [-0.3, -0.25) is 14.5 Å². The van der Waals surface area contributed by atoms with E-state index in [1.54, 1.807) is 19.1 Å². The molecule has 1 amide bonds. The van der Waals surface area contributed by atoms with Crippen molar-refractivity contribution < 1.29 is 13.6 Å². The van der Waals surface area contributed by atoms with E-state index in [0.29, 0.717) is 24.4 Å². The van der Waals surface area contributed by atoms with Gasteiger partial charge in [0.1, 0.15) is 11.6 Å². The Morgan fingerprint density at radius 2 is 2.16 bits per heavy atom. The Labute approximate surface area is 145 Å². The van der Waals surface area contributed by atoms with Crippen molar-refractivity contribution in [3.05, 3.63) is 69.5 Å². The molecule has 0 bridgehead atoms. The Kier molecular flexibility index (Phi) is 5.28. The van der Waals surface area contributed by atoms with Crippen molar-refractivity contribution in [3.63, 3.8) is 0 Å². The van der Waals surface area contributed by atoms with Crippen molar-refractivity contribution in [2.24, 2.45) is 0 Å². The fourth-order valence-corrected chi connectivity index (χ4v) is 3.16.